The van der Waals surface area contributed by atoms with Crippen molar-refractivity contribution < 1.29 is 4.79 Å². The van der Waals surface area contributed by atoms with E-state index in [-0.39, 0.29) is 0 Å². The summed E-state index contributed by atoms with van der Waals surface area (Å²) in [7, 11) is 0. The van der Waals surface area contributed by atoms with Crippen LogP contribution >= 0.6 is 0 Å². The van der Waals surface area contributed by atoms with Crippen molar-refractivity contribution in [3.8, 4) is 0 Å². The van der Waals surface area contributed by atoms with E-state index < -0.39 is 6.03 Å². The maximum Gasteiger partial charge on any atom is 0.340 e. The van der Waals surface area contributed by atoms with Crippen molar-refractivity contribution in [2.24, 2.45) is 10.8 Å². The Morgan fingerprint density at radius 1 is 1.41 bits per heavy atom. The maximum atomic E-state index is 11.4. The van der Waals surface area contributed by atoms with Gasteiger partial charge in [0, 0.05) is 5.71 Å². The Morgan fingerprint density at radius 3 is 2.53 bits per heavy atom. The lowest BCUT2D eigenvalue weighted by molar-refractivity contribution is 0.254. The molecule has 0 heterocycles. The van der Waals surface area contributed by atoms with Crippen LogP contribution < -0.4 is 10.7 Å². The standard InChI is InChI=1S/C13H19N3O/c1-5-11(4)15-16(13(14)17)12-7-6-9(2)8-10(12)3/h6-8H,5H2,1-4H3,(H2,14,17)/b15-11+. The van der Waals surface area contributed by atoms with Crippen molar-refractivity contribution in [3.63, 3.8) is 0 Å². The molecule has 0 radical (unpaired) electrons. The summed E-state index contributed by atoms with van der Waals surface area (Å²) in [4.78, 5) is 11.4. The number of urea groups is 1. The second-order valence-electron chi connectivity index (χ2n) is 4.13. The Balaban J connectivity index is 3.19. The van der Waals surface area contributed by atoms with Crippen molar-refractivity contribution in [1.82, 2.24) is 0 Å². The molecule has 0 saturated heterocycles. The van der Waals surface area contributed by atoms with Crippen molar-refractivity contribution in [3.05, 3.63) is 29.3 Å². The zero-order chi connectivity index (χ0) is 13.0. The molecule has 0 aliphatic heterocycles. The van der Waals surface area contributed by atoms with Crippen LogP contribution in [-0.4, -0.2) is 11.7 Å². The molecule has 1 aromatic rings. The largest absolute Gasteiger partial charge is 0.350 e. The minimum absolute atomic E-state index is 0.565. The minimum atomic E-state index is -0.565. The van der Waals surface area contributed by atoms with Crippen molar-refractivity contribution in [2.45, 2.75) is 34.1 Å². The maximum absolute atomic E-state index is 11.4. The summed E-state index contributed by atoms with van der Waals surface area (Å²) in [6.07, 6.45) is 0.786. The zero-order valence-corrected chi connectivity index (χ0v) is 10.8. The van der Waals surface area contributed by atoms with Crippen LogP contribution in [0.5, 0.6) is 0 Å². The van der Waals surface area contributed by atoms with E-state index in [2.05, 4.69) is 5.10 Å². The molecule has 4 heteroatoms. The lowest BCUT2D eigenvalue weighted by Crippen LogP contribution is -2.32. The normalized spacial score (nSPS) is 11.4. The molecule has 0 atom stereocenters. The van der Waals surface area contributed by atoms with E-state index >= 15 is 0 Å². The second kappa shape index (κ2) is 5.48. The fourth-order valence-corrected chi connectivity index (χ4v) is 1.51. The van der Waals surface area contributed by atoms with Crippen LogP contribution in [0.25, 0.3) is 0 Å². The predicted molar refractivity (Wildman–Crippen MR) is 71.4 cm³/mol. The van der Waals surface area contributed by atoms with Crippen LogP contribution in [0.15, 0.2) is 23.3 Å². The number of carbonyl (C=O) groups excluding carboxylic acids is 1. The van der Waals surface area contributed by atoms with Gasteiger partial charge in [0.1, 0.15) is 0 Å². The first-order valence-electron chi connectivity index (χ1n) is 5.66. The molecular formula is C13H19N3O. The van der Waals surface area contributed by atoms with Crippen molar-refractivity contribution >= 4 is 17.4 Å². The van der Waals surface area contributed by atoms with E-state index in [1.807, 2.05) is 45.9 Å². The Hall–Kier alpha value is -1.84. The van der Waals surface area contributed by atoms with Gasteiger partial charge in [-0.05, 0) is 38.8 Å². The van der Waals surface area contributed by atoms with Gasteiger partial charge in [0.25, 0.3) is 0 Å². The van der Waals surface area contributed by atoms with Gasteiger partial charge in [0.2, 0.25) is 0 Å². The van der Waals surface area contributed by atoms with Gasteiger partial charge in [0.05, 0.1) is 5.69 Å². The third-order valence-corrected chi connectivity index (χ3v) is 2.57. The van der Waals surface area contributed by atoms with Gasteiger partial charge in [-0.2, -0.15) is 10.1 Å². The van der Waals surface area contributed by atoms with Gasteiger partial charge in [0.15, 0.2) is 0 Å². The monoisotopic (exact) mass is 233 g/mol. The van der Waals surface area contributed by atoms with E-state index in [9.17, 15) is 4.79 Å². The van der Waals surface area contributed by atoms with Gasteiger partial charge in [-0.3, -0.25) is 0 Å². The van der Waals surface area contributed by atoms with Crippen LogP contribution in [0, 0.1) is 13.8 Å². The molecule has 0 aliphatic rings. The number of benzene rings is 1. The van der Waals surface area contributed by atoms with Crippen LogP contribution in [0.4, 0.5) is 10.5 Å². The van der Waals surface area contributed by atoms with E-state index in [1.54, 1.807) is 0 Å². The molecule has 2 N–H and O–H groups in total. The first-order valence-corrected chi connectivity index (χ1v) is 5.66. The Bertz CT molecular complexity index is 452. The molecular weight excluding hydrogens is 214 g/mol. The fraction of sp³-hybridized carbons (Fsp3) is 0.385. The summed E-state index contributed by atoms with van der Waals surface area (Å²) in [5.74, 6) is 0. The molecule has 0 aliphatic carbocycles. The number of hydrogen-bond donors (Lipinski definition) is 1. The van der Waals surface area contributed by atoms with Gasteiger partial charge in [-0.25, -0.2) is 4.79 Å². The molecule has 1 rings (SSSR count). The highest BCUT2D eigenvalue weighted by atomic mass is 16.2. The van der Waals surface area contributed by atoms with Crippen LogP contribution in [-0.2, 0) is 0 Å². The topological polar surface area (TPSA) is 58.7 Å². The number of rotatable bonds is 3. The number of hydrogen-bond acceptors (Lipinski definition) is 2. The van der Waals surface area contributed by atoms with Gasteiger partial charge in [-0.1, -0.05) is 24.6 Å². The van der Waals surface area contributed by atoms with E-state index in [1.165, 1.54) is 5.01 Å². The fourth-order valence-electron chi connectivity index (χ4n) is 1.51. The number of anilines is 1. The third-order valence-electron chi connectivity index (χ3n) is 2.57. The number of hydrazone groups is 1. The van der Waals surface area contributed by atoms with Crippen LogP contribution in [0.2, 0.25) is 0 Å². The average Bonchev–Trinajstić information content (AvgIpc) is 2.26. The number of primary amides is 1. The quantitative estimate of drug-likeness (QED) is 0.633. The third kappa shape index (κ3) is 3.31. The molecule has 0 unspecified atom stereocenters. The molecule has 0 saturated carbocycles. The summed E-state index contributed by atoms with van der Waals surface area (Å²) in [6.45, 7) is 7.81. The van der Waals surface area contributed by atoms with Crippen molar-refractivity contribution in [1.29, 1.82) is 0 Å². The van der Waals surface area contributed by atoms with Crippen molar-refractivity contribution in [2.75, 3.05) is 5.01 Å². The summed E-state index contributed by atoms with van der Waals surface area (Å²) < 4.78 is 0. The number of nitrogens with zero attached hydrogens (tertiary/aromatic N) is 2. The number of amides is 2. The highest BCUT2D eigenvalue weighted by molar-refractivity contribution is 5.94. The summed E-state index contributed by atoms with van der Waals surface area (Å²) >= 11 is 0. The first-order chi connectivity index (χ1) is 7.95. The summed E-state index contributed by atoms with van der Waals surface area (Å²) in [5.41, 5.74) is 9.08. The van der Waals surface area contributed by atoms with Gasteiger partial charge < -0.3 is 5.73 Å². The molecule has 4 nitrogen and oxygen atoms in total. The number of aryl methyl sites for hydroxylation is 2. The number of carbonyl (C=O) groups is 1. The summed E-state index contributed by atoms with van der Waals surface area (Å²) in [6, 6.07) is 5.24. The molecule has 0 fully saturated rings. The molecule has 1 aromatic carbocycles. The van der Waals surface area contributed by atoms with E-state index in [0.29, 0.717) is 0 Å². The zero-order valence-electron chi connectivity index (χ0n) is 10.8. The van der Waals surface area contributed by atoms with Gasteiger partial charge >= 0.3 is 6.03 Å². The minimum Gasteiger partial charge on any atom is -0.350 e. The molecule has 2 amide bonds. The molecule has 92 valence electrons. The Kier molecular flexibility index (Phi) is 4.26. The van der Waals surface area contributed by atoms with Gasteiger partial charge in [-0.15, -0.1) is 0 Å². The first kappa shape index (κ1) is 13.2. The lowest BCUT2D eigenvalue weighted by atomic mass is 10.1. The smallest absolute Gasteiger partial charge is 0.340 e. The molecule has 17 heavy (non-hydrogen) atoms. The average molecular weight is 233 g/mol. The Morgan fingerprint density at radius 2 is 2.06 bits per heavy atom. The van der Waals surface area contributed by atoms with E-state index in [4.69, 9.17) is 5.73 Å². The van der Waals surface area contributed by atoms with E-state index in [0.717, 1.165) is 28.9 Å². The lowest BCUT2D eigenvalue weighted by Gasteiger charge is -2.18. The second-order valence-corrected chi connectivity index (χ2v) is 4.13. The molecule has 0 bridgehead atoms. The van der Waals surface area contributed by atoms with Crippen LogP contribution in [0.1, 0.15) is 31.4 Å². The highest BCUT2D eigenvalue weighted by Gasteiger charge is 2.13. The molecule has 0 aromatic heterocycles. The summed E-state index contributed by atoms with van der Waals surface area (Å²) in [5, 5.41) is 5.49. The molecule has 0 spiro atoms. The Labute approximate surface area is 102 Å². The SMILES string of the molecule is CC/C(C)=N/N(C(N)=O)c1ccc(C)cc1C. The number of nitrogens with two attached hydrogens (primary N) is 1. The highest BCUT2D eigenvalue weighted by Crippen LogP contribution is 2.21. The predicted octanol–water partition coefficient (Wildman–Crippen LogP) is 2.97. The van der Waals surface area contributed by atoms with Crippen LogP contribution in [0.3, 0.4) is 0 Å².